The molecule has 0 fully saturated rings. The third-order valence-electron chi connectivity index (χ3n) is 4.70. The summed E-state index contributed by atoms with van der Waals surface area (Å²) in [5, 5.41) is 10.9. The van der Waals surface area contributed by atoms with Crippen molar-refractivity contribution >= 4 is 23.3 Å². The molecule has 0 aliphatic carbocycles. The van der Waals surface area contributed by atoms with Gasteiger partial charge in [-0.1, -0.05) is 53.7 Å². The molecule has 3 nitrogen and oxygen atoms in total. The molecule has 26 heavy (non-hydrogen) atoms. The number of phenolic OH excluding ortho intramolecular Hbond substituents is 1. The second-order valence-electron chi connectivity index (χ2n) is 8.96. The van der Waals surface area contributed by atoms with E-state index in [2.05, 4.69) is 53.7 Å². The summed E-state index contributed by atoms with van der Waals surface area (Å²) in [5.41, 5.74) is 4.50. The zero-order valence-corrected chi connectivity index (χ0v) is 17.2. The van der Waals surface area contributed by atoms with Crippen molar-refractivity contribution in [3.63, 3.8) is 0 Å². The maximum absolute atomic E-state index is 10.9. The number of oxazole rings is 1. The van der Waals surface area contributed by atoms with Crippen molar-refractivity contribution in [1.29, 1.82) is 0 Å². The van der Waals surface area contributed by atoms with Gasteiger partial charge in [0.1, 0.15) is 5.75 Å². The Labute approximate surface area is 160 Å². The Morgan fingerprint density at radius 2 is 1.50 bits per heavy atom. The number of benzene rings is 2. The molecule has 1 aromatic heterocycles. The quantitative estimate of drug-likeness (QED) is 0.538. The van der Waals surface area contributed by atoms with E-state index in [9.17, 15) is 5.11 Å². The highest BCUT2D eigenvalue weighted by Gasteiger charge is 2.26. The van der Waals surface area contributed by atoms with Crippen LogP contribution in [0.5, 0.6) is 5.75 Å². The monoisotopic (exact) mass is 369 g/mol. The minimum atomic E-state index is -0.153. The van der Waals surface area contributed by atoms with Crippen LogP contribution in [0.1, 0.15) is 58.2 Å². The molecule has 0 amide bonds. The van der Waals surface area contributed by atoms with E-state index in [0.717, 1.165) is 27.8 Å². The first-order valence-electron chi connectivity index (χ1n) is 8.94. The molecular weight excluding hydrogens is 342 g/mol. The van der Waals surface area contributed by atoms with Crippen LogP contribution in [-0.4, -0.2) is 9.67 Å². The standard InChI is InChI=1S/C22H27NO2S/c1-21(2,3)15-11-14(12-16(19(15)24)22(4,5)6)13-23-17-9-7-8-10-18(17)25-20(23)26/h7-12,24H,13H2,1-6H3. The number of aromatic nitrogens is 1. The molecule has 1 heterocycles. The van der Waals surface area contributed by atoms with E-state index >= 15 is 0 Å². The zero-order valence-electron chi connectivity index (χ0n) is 16.4. The molecule has 2 aromatic carbocycles. The highest BCUT2D eigenvalue weighted by atomic mass is 32.1. The van der Waals surface area contributed by atoms with Crippen molar-refractivity contribution in [2.24, 2.45) is 0 Å². The molecule has 1 N–H and O–H groups in total. The fraction of sp³-hybridized carbons (Fsp3) is 0.409. The van der Waals surface area contributed by atoms with Gasteiger partial charge in [-0.2, -0.15) is 0 Å². The summed E-state index contributed by atoms with van der Waals surface area (Å²) in [6.07, 6.45) is 0. The maximum atomic E-state index is 10.9. The molecular formula is C22H27NO2S. The van der Waals surface area contributed by atoms with Crippen LogP contribution in [-0.2, 0) is 17.4 Å². The van der Waals surface area contributed by atoms with Gasteiger partial charge in [-0.3, -0.25) is 4.57 Å². The largest absolute Gasteiger partial charge is 0.507 e. The summed E-state index contributed by atoms with van der Waals surface area (Å²) in [6, 6.07) is 12.1. The Balaban J connectivity index is 2.19. The molecule has 3 aromatic rings. The first kappa shape index (κ1) is 18.7. The summed E-state index contributed by atoms with van der Waals surface area (Å²) >= 11 is 5.44. The van der Waals surface area contributed by atoms with Crippen LogP contribution in [0.4, 0.5) is 0 Å². The van der Waals surface area contributed by atoms with Crippen LogP contribution in [0, 0.1) is 4.84 Å². The first-order chi connectivity index (χ1) is 12.0. The predicted molar refractivity (Wildman–Crippen MR) is 110 cm³/mol. The zero-order chi connectivity index (χ0) is 19.3. The number of rotatable bonds is 2. The van der Waals surface area contributed by atoms with Crippen LogP contribution in [0.3, 0.4) is 0 Å². The number of nitrogens with zero attached hydrogens (tertiary/aromatic N) is 1. The van der Waals surface area contributed by atoms with Crippen molar-refractivity contribution in [3.05, 3.63) is 57.9 Å². The molecule has 0 aliphatic rings. The maximum Gasteiger partial charge on any atom is 0.269 e. The van der Waals surface area contributed by atoms with Gasteiger partial charge in [0.05, 0.1) is 12.1 Å². The van der Waals surface area contributed by atoms with Crippen LogP contribution < -0.4 is 0 Å². The van der Waals surface area contributed by atoms with E-state index in [4.69, 9.17) is 16.6 Å². The van der Waals surface area contributed by atoms with Gasteiger partial charge in [0.25, 0.3) is 4.84 Å². The highest BCUT2D eigenvalue weighted by Crippen LogP contribution is 2.40. The van der Waals surface area contributed by atoms with E-state index in [1.54, 1.807) is 0 Å². The normalized spacial score (nSPS) is 12.7. The Hall–Kier alpha value is -2.07. The lowest BCUT2D eigenvalue weighted by Crippen LogP contribution is -2.18. The van der Waals surface area contributed by atoms with E-state index in [0.29, 0.717) is 17.1 Å². The molecule has 0 saturated heterocycles. The van der Waals surface area contributed by atoms with Gasteiger partial charge in [-0.05, 0) is 64.0 Å². The average Bonchev–Trinajstić information content (AvgIpc) is 2.82. The van der Waals surface area contributed by atoms with E-state index in [1.165, 1.54) is 0 Å². The number of hydrogen-bond donors (Lipinski definition) is 1. The van der Waals surface area contributed by atoms with Gasteiger partial charge in [0.2, 0.25) is 0 Å². The van der Waals surface area contributed by atoms with E-state index < -0.39 is 0 Å². The first-order valence-corrected chi connectivity index (χ1v) is 9.34. The highest BCUT2D eigenvalue weighted by molar-refractivity contribution is 7.71. The van der Waals surface area contributed by atoms with Crippen molar-refractivity contribution in [2.75, 3.05) is 0 Å². The molecule has 0 saturated carbocycles. The molecule has 0 aliphatic heterocycles. The molecule has 0 spiro atoms. The Morgan fingerprint density at radius 1 is 0.962 bits per heavy atom. The van der Waals surface area contributed by atoms with Crippen LogP contribution >= 0.6 is 12.2 Å². The molecule has 0 bridgehead atoms. The topological polar surface area (TPSA) is 38.3 Å². The van der Waals surface area contributed by atoms with Crippen molar-refractivity contribution in [2.45, 2.75) is 58.9 Å². The van der Waals surface area contributed by atoms with Crippen molar-refractivity contribution in [1.82, 2.24) is 4.57 Å². The lowest BCUT2D eigenvalue weighted by atomic mass is 9.78. The fourth-order valence-corrected chi connectivity index (χ4v) is 3.53. The number of aromatic hydroxyl groups is 1. The molecule has 0 radical (unpaired) electrons. The van der Waals surface area contributed by atoms with Gasteiger partial charge in [-0.15, -0.1) is 0 Å². The SMILES string of the molecule is CC(C)(C)c1cc(Cn2c(=S)oc3ccccc32)cc(C(C)(C)C)c1O. The predicted octanol–water partition coefficient (Wildman–Crippen LogP) is 6.31. The summed E-state index contributed by atoms with van der Waals surface area (Å²) in [5.74, 6) is 0.398. The third-order valence-corrected chi connectivity index (χ3v) is 5.00. The molecule has 0 atom stereocenters. The Morgan fingerprint density at radius 3 is 2.04 bits per heavy atom. The number of phenols is 1. The second kappa shape index (κ2) is 6.27. The van der Waals surface area contributed by atoms with Crippen molar-refractivity contribution in [3.8, 4) is 5.75 Å². The Kier molecular flexibility index (Phi) is 4.51. The minimum Gasteiger partial charge on any atom is -0.507 e. The van der Waals surface area contributed by atoms with Crippen molar-refractivity contribution < 1.29 is 9.52 Å². The lowest BCUT2D eigenvalue weighted by Gasteiger charge is -2.28. The smallest absolute Gasteiger partial charge is 0.269 e. The number of hydrogen-bond acceptors (Lipinski definition) is 3. The summed E-state index contributed by atoms with van der Waals surface area (Å²) in [6.45, 7) is 13.3. The third kappa shape index (κ3) is 3.43. The number of para-hydroxylation sites is 2. The Bertz CT molecular complexity index is 978. The van der Waals surface area contributed by atoms with E-state index in [1.807, 2.05) is 28.8 Å². The summed E-state index contributed by atoms with van der Waals surface area (Å²) in [7, 11) is 0. The second-order valence-corrected chi connectivity index (χ2v) is 9.31. The fourth-order valence-electron chi connectivity index (χ4n) is 3.28. The molecule has 0 unspecified atom stereocenters. The average molecular weight is 370 g/mol. The van der Waals surface area contributed by atoms with Gasteiger partial charge in [-0.25, -0.2) is 0 Å². The van der Waals surface area contributed by atoms with E-state index in [-0.39, 0.29) is 10.8 Å². The summed E-state index contributed by atoms with van der Waals surface area (Å²) < 4.78 is 7.73. The van der Waals surface area contributed by atoms with Gasteiger partial charge >= 0.3 is 0 Å². The van der Waals surface area contributed by atoms with Gasteiger partial charge < -0.3 is 9.52 Å². The molecule has 4 heteroatoms. The van der Waals surface area contributed by atoms with Crippen LogP contribution in [0.25, 0.3) is 11.1 Å². The molecule has 3 rings (SSSR count). The van der Waals surface area contributed by atoms with Crippen LogP contribution in [0.2, 0.25) is 0 Å². The van der Waals surface area contributed by atoms with Crippen LogP contribution in [0.15, 0.2) is 40.8 Å². The summed E-state index contributed by atoms with van der Waals surface area (Å²) in [4.78, 5) is 0.467. The number of fused-ring (bicyclic) bond motifs is 1. The van der Waals surface area contributed by atoms with Gasteiger partial charge in [0.15, 0.2) is 5.58 Å². The minimum absolute atomic E-state index is 0.153. The molecule has 138 valence electrons. The lowest BCUT2D eigenvalue weighted by molar-refractivity contribution is 0.422. The van der Waals surface area contributed by atoms with Gasteiger partial charge in [0, 0.05) is 0 Å².